The van der Waals surface area contributed by atoms with Crippen molar-refractivity contribution in [2.75, 3.05) is 10.6 Å². The highest BCUT2D eigenvalue weighted by molar-refractivity contribution is 6.52. The molecular formula is C30H32Cl2N2. The van der Waals surface area contributed by atoms with E-state index in [0.717, 1.165) is 39.5 Å². The molecule has 176 valence electrons. The first kappa shape index (κ1) is 24.4. The summed E-state index contributed by atoms with van der Waals surface area (Å²) in [5.74, 6) is -0.0561. The van der Waals surface area contributed by atoms with E-state index in [4.69, 9.17) is 23.2 Å². The second-order valence-electron chi connectivity index (χ2n) is 9.63. The molecule has 0 aliphatic heterocycles. The van der Waals surface area contributed by atoms with Crippen molar-refractivity contribution in [3.05, 3.63) is 112 Å². The van der Waals surface area contributed by atoms with Gasteiger partial charge < -0.3 is 10.6 Å². The molecule has 2 unspecified atom stereocenters. The fourth-order valence-electron chi connectivity index (χ4n) is 4.71. The third kappa shape index (κ3) is 4.89. The highest BCUT2D eigenvalue weighted by Gasteiger charge is 2.65. The largest absolute Gasteiger partial charge is 0.359 e. The van der Waals surface area contributed by atoms with Crippen LogP contribution in [0.15, 0.2) is 73.5 Å². The number of allylic oxidation sites excluding steroid dienone is 1. The molecule has 0 amide bonds. The van der Waals surface area contributed by atoms with Gasteiger partial charge >= 0.3 is 0 Å². The maximum atomic E-state index is 6.74. The summed E-state index contributed by atoms with van der Waals surface area (Å²) in [6.07, 6.45) is 0. The van der Waals surface area contributed by atoms with Crippen molar-refractivity contribution in [2.45, 2.75) is 44.9 Å². The summed E-state index contributed by atoms with van der Waals surface area (Å²) in [7, 11) is 0. The molecule has 4 heteroatoms. The molecule has 4 rings (SSSR count). The van der Waals surface area contributed by atoms with E-state index < -0.39 is 4.33 Å². The van der Waals surface area contributed by atoms with Gasteiger partial charge in [-0.25, -0.2) is 0 Å². The fourth-order valence-corrected chi connectivity index (χ4v) is 5.61. The van der Waals surface area contributed by atoms with Crippen LogP contribution in [0, 0.1) is 40.5 Å². The molecule has 1 fully saturated rings. The molecule has 0 saturated heterocycles. The van der Waals surface area contributed by atoms with Gasteiger partial charge in [0.25, 0.3) is 0 Å². The van der Waals surface area contributed by atoms with E-state index in [1.807, 2.05) is 6.07 Å². The number of hydrogen-bond acceptors (Lipinski definition) is 2. The summed E-state index contributed by atoms with van der Waals surface area (Å²) in [4.78, 5) is 0. The van der Waals surface area contributed by atoms with Gasteiger partial charge in [0, 0.05) is 40.2 Å². The maximum absolute atomic E-state index is 6.74. The Labute approximate surface area is 213 Å². The number of halogens is 2. The van der Waals surface area contributed by atoms with Crippen molar-refractivity contribution >= 4 is 40.3 Å². The van der Waals surface area contributed by atoms with Crippen molar-refractivity contribution in [2.24, 2.45) is 5.92 Å². The van der Waals surface area contributed by atoms with Crippen LogP contribution in [0.1, 0.15) is 44.9 Å². The first-order valence-corrected chi connectivity index (χ1v) is 12.3. The third-order valence-corrected chi connectivity index (χ3v) is 7.64. The van der Waals surface area contributed by atoms with Gasteiger partial charge in [-0.05, 0) is 81.1 Å². The fraction of sp³-hybridized carbons (Fsp3) is 0.267. The van der Waals surface area contributed by atoms with Crippen LogP contribution >= 0.6 is 23.2 Å². The molecule has 0 heterocycles. The van der Waals surface area contributed by atoms with Crippen LogP contribution in [0.4, 0.5) is 11.4 Å². The van der Waals surface area contributed by atoms with Crippen LogP contribution in [-0.4, -0.2) is 4.33 Å². The molecule has 0 radical (unpaired) electrons. The molecule has 1 aliphatic rings. The van der Waals surface area contributed by atoms with Gasteiger partial charge in [0.2, 0.25) is 0 Å². The highest BCUT2D eigenvalue weighted by atomic mass is 35.5. The number of rotatable bonds is 7. The number of nitrogens with one attached hydrogen (secondary N) is 2. The monoisotopic (exact) mass is 490 g/mol. The summed E-state index contributed by atoms with van der Waals surface area (Å²) in [5, 5.41) is 6.91. The van der Waals surface area contributed by atoms with Crippen LogP contribution in [0.3, 0.4) is 0 Å². The van der Waals surface area contributed by atoms with Crippen LogP contribution < -0.4 is 10.6 Å². The van der Waals surface area contributed by atoms with E-state index in [1.165, 1.54) is 22.3 Å². The molecule has 1 aliphatic carbocycles. The van der Waals surface area contributed by atoms with Gasteiger partial charge in [-0.15, -0.1) is 23.2 Å². The summed E-state index contributed by atoms with van der Waals surface area (Å²) >= 11 is 13.5. The molecule has 2 atom stereocenters. The van der Waals surface area contributed by atoms with Crippen LogP contribution in [-0.2, 0) is 0 Å². The number of anilines is 2. The van der Waals surface area contributed by atoms with Crippen molar-refractivity contribution in [1.82, 2.24) is 0 Å². The SMILES string of the molecule is C=C(Nc1ccc(C)c(C)c1)c1cc(NC(=C)C2C(c3cc(C)cc(C)c3)C2(Cl)Cl)ccc1C. The standard InChI is InChI=1S/C30H32Cl2N2/c1-17-12-18(2)14-24(13-17)29-28(30(29,31)32)23(7)34-26-11-9-20(4)27(16-26)22(6)33-25-10-8-19(3)21(5)15-25/h8-16,28-29,33-34H,6-7H2,1-5H3. The van der Waals surface area contributed by atoms with Crippen LogP contribution in [0.5, 0.6) is 0 Å². The zero-order valence-electron chi connectivity index (χ0n) is 20.5. The van der Waals surface area contributed by atoms with Gasteiger partial charge in [-0.2, -0.15) is 0 Å². The number of hydrogen-bond donors (Lipinski definition) is 2. The van der Waals surface area contributed by atoms with Crippen molar-refractivity contribution in [3.63, 3.8) is 0 Å². The first-order valence-electron chi connectivity index (χ1n) is 11.5. The molecule has 3 aromatic carbocycles. The lowest BCUT2D eigenvalue weighted by Gasteiger charge is -2.16. The molecular weight excluding hydrogens is 459 g/mol. The Kier molecular flexibility index (Phi) is 6.59. The minimum Gasteiger partial charge on any atom is -0.359 e. The predicted molar refractivity (Wildman–Crippen MR) is 149 cm³/mol. The third-order valence-electron chi connectivity index (χ3n) is 6.70. The van der Waals surface area contributed by atoms with Gasteiger partial charge in [-0.1, -0.05) is 54.6 Å². The Morgan fingerprint density at radius 3 is 1.94 bits per heavy atom. The number of alkyl halides is 2. The molecule has 0 aromatic heterocycles. The van der Waals surface area contributed by atoms with Gasteiger partial charge in [0.15, 0.2) is 0 Å². The van der Waals surface area contributed by atoms with E-state index in [1.54, 1.807) is 0 Å². The normalized spacial score (nSPS) is 18.3. The Morgan fingerprint density at radius 1 is 0.735 bits per heavy atom. The average Bonchev–Trinajstić information content (AvgIpc) is 3.33. The minimum absolute atomic E-state index is 0.0146. The van der Waals surface area contributed by atoms with Crippen LogP contribution in [0.2, 0.25) is 0 Å². The van der Waals surface area contributed by atoms with Gasteiger partial charge in [-0.3, -0.25) is 0 Å². The summed E-state index contributed by atoms with van der Waals surface area (Å²) < 4.78 is -0.869. The highest BCUT2D eigenvalue weighted by Crippen LogP contribution is 2.67. The Bertz CT molecular complexity index is 1270. The average molecular weight is 492 g/mol. The lowest BCUT2D eigenvalue weighted by molar-refractivity contribution is 0.944. The summed E-state index contributed by atoms with van der Waals surface area (Å²) in [5.41, 5.74) is 11.9. The zero-order valence-corrected chi connectivity index (χ0v) is 22.0. The Morgan fingerprint density at radius 2 is 1.32 bits per heavy atom. The maximum Gasteiger partial charge on any atom is 0.134 e. The molecule has 2 N–H and O–H groups in total. The lowest BCUT2D eigenvalue weighted by atomic mass is 10.0. The molecule has 0 bridgehead atoms. The van der Waals surface area contributed by atoms with Crippen molar-refractivity contribution < 1.29 is 0 Å². The molecule has 0 spiro atoms. The lowest BCUT2D eigenvalue weighted by Crippen LogP contribution is -2.06. The molecule has 2 nitrogen and oxygen atoms in total. The van der Waals surface area contributed by atoms with Gasteiger partial charge in [0.05, 0.1) is 0 Å². The predicted octanol–water partition coefficient (Wildman–Crippen LogP) is 8.82. The smallest absolute Gasteiger partial charge is 0.134 e. The van der Waals surface area contributed by atoms with E-state index in [-0.39, 0.29) is 11.8 Å². The zero-order chi connectivity index (χ0) is 24.8. The second kappa shape index (κ2) is 9.17. The topological polar surface area (TPSA) is 24.1 Å². The molecule has 3 aromatic rings. The first-order chi connectivity index (χ1) is 16.0. The Hall–Kier alpha value is -2.68. The summed E-state index contributed by atoms with van der Waals surface area (Å²) in [6.45, 7) is 19.1. The second-order valence-corrected chi connectivity index (χ2v) is 11.1. The van der Waals surface area contributed by atoms with Gasteiger partial charge in [0.1, 0.15) is 4.33 Å². The molecule has 1 saturated carbocycles. The van der Waals surface area contributed by atoms with E-state index >= 15 is 0 Å². The van der Waals surface area contributed by atoms with Crippen molar-refractivity contribution in [1.29, 1.82) is 0 Å². The summed E-state index contributed by atoms with van der Waals surface area (Å²) in [6, 6.07) is 19.0. The van der Waals surface area contributed by atoms with Crippen LogP contribution in [0.25, 0.3) is 5.70 Å². The Balaban J connectivity index is 1.51. The van der Waals surface area contributed by atoms with Crippen molar-refractivity contribution in [3.8, 4) is 0 Å². The number of aryl methyl sites for hydroxylation is 5. The molecule has 34 heavy (non-hydrogen) atoms. The quantitative estimate of drug-likeness (QED) is 0.323. The van der Waals surface area contributed by atoms with E-state index in [2.05, 4.69) is 107 Å². The van der Waals surface area contributed by atoms with E-state index in [0.29, 0.717) is 0 Å². The number of benzene rings is 3. The minimum atomic E-state index is -0.869. The van der Waals surface area contributed by atoms with E-state index in [9.17, 15) is 0 Å².